The van der Waals surface area contributed by atoms with Crippen molar-refractivity contribution in [1.29, 1.82) is 0 Å². The zero-order chi connectivity index (χ0) is 15.9. The van der Waals surface area contributed by atoms with Crippen LogP contribution in [0.3, 0.4) is 0 Å². The Bertz CT molecular complexity index is 503. The summed E-state index contributed by atoms with van der Waals surface area (Å²) in [4.78, 5) is 13.6. The number of hydrogen-bond donors (Lipinski definition) is 2. The number of aromatic nitrogens is 2. The molecule has 122 valence electrons. The van der Waals surface area contributed by atoms with Crippen molar-refractivity contribution in [3.63, 3.8) is 0 Å². The molecule has 1 aliphatic rings. The van der Waals surface area contributed by atoms with Gasteiger partial charge in [0, 0.05) is 25.4 Å². The number of carbonyl (C=O) groups excluding carboxylic acids is 1. The molecular formula is C15H23N3O4. The van der Waals surface area contributed by atoms with Crippen molar-refractivity contribution in [1.82, 2.24) is 14.7 Å². The number of aryl methyl sites for hydroxylation is 1. The van der Waals surface area contributed by atoms with E-state index in [2.05, 4.69) is 11.7 Å². The van der Waals surface area contributed by atoms with Crippen LogP contribution in [0.5, 0.6) is 0 Å². The monoisotopic (exact) mass is 309 g/mol. The normalized spacial score (nSPS) is 21.1. The summed E-state index contributed by atoms with van der Waals surface area (Å²) < 4.78 is 6.83. The highest BCUT2D eigenvalue weighted by Crippen LogP contribution is 2.22. The molecule has 0 aliphatic carbocycles. The fourth-order valence-electron chi connectivity index (χ4n) is 2.66. The summed E-state index contributed by atoms with van der Waals surface area (Å²) in [5.41, 5.74) is 0.999. The number of carbonyl (C=O) groups is 1. The Morgan fingerprint density at radius 1 is 1.59 bits per heavy atom. The molecule has 1 amide bonds. The Morgan fingerprint density at radius 2 is 2.41 bits per heavy atom. The first kappa shape index (κ1) is 16.5. The molecule has 1 aromatic heterocycles. The first-order chi connectivity index (χ1) is 10.6. The second-order valence-electron chi connectivity index (χ2n) is 5.45. The molecule has 7 heteroatoms. The van der Waals surface area contributed by atoms with Crippen molar-refractivity contribution in [2.45, 2.75) is 38.0 Å². The van der Waals surface area contributed by atoms with Crippen LogP contribution in [-0.4, -0.2) is 62.9 Å². The first-order valence-corrected chi connectivity index (χ1v) is 7.48. The summed E-state index contributed by atoms with van der Waals surface area (Å²) in [6.45, 7) is 4.76. The van der Waals surface area contributed by atoms with Crippen LogP contribution in [0.15, 0.2) is 25.0 Å². The van der Waals surface area contributed by atoms with Gasteiger partial charge in [-0.25, -0.2) is 4.79 Å². The molecule has 1 aliphatic heterocycles. The van der Waals surface area contributed by atoms with Gasteiger partial charge in [0.1, 0.15) is 6.61 Å². The Labute approximate surface area is 129 Å². The summed E-state index contributed by atoms with van der Waals surface area (Å²) in [7, 11) is 0. The van der Waals surface area contributed by atoms with E-state index in [0.29, 0.717) is 32.4 Å². The van der Waals surface area contributed by atoms with E-state index >= 15 is 0 Å². The molecule has 2 heterocycles. The molecule has 0 saturated carbocycles. The van der Waals surface area contributed by atoms with Crippen molar-refractivity contribution in [2.75, 3.05) is 19.8 Å². The summed E-state index contributed by atoms with van der Waals surface area (Å²) in [5.74, 6) is 0. The molecule has 7 nitrogen and oxygen atoms in total. The highest BCUT2D eigenvalue weighted by atomic mass is 16.6. The Balaban J connectivity index is 1.95. The number of β-amino-alcohol motifs (C(OH)–C–C–N with tert-alkyl or cyclic N) is 1. The van der Waals surface area contributed by atoms with Gasteiger partial charge in [0.15, 0.2) is 0 Å². The van der Waals surface area contributed by atoms with Crippen LogP contribution in [-0.2, 0) is 17.7 Å². The molecule has 1 saturated heterocycles. The highest BCUT2D eigenvalue weighted by molar-refractivity contribution is 5.68. The fourth-order valence-corrected chi connectivity index (χ4v) is 2.66. The SMILES string of the molecule is C=CCOC(=O)N1C[C@H](O)C[C@H]1Cc1cnn(CCCO)c1. The van der Waals surface area contributed by atoms with E-state index in [1.807, 2.05) is 6.20 Å². The Kier molecular flexibility index (Phi) is 5.97. The van der Waals surface area contributed by atoms with Gasteiger partial charge < -0.3 is 19.8 Å². The van der Waals surface area contributed by atoms with Gasteiger partial charge in [-0.2, -0.15) is 5.10 Å². The van der Waals surface area contributed by atoms with E-state index in [-0.39, 0.29) is 19.3 Å². The first-order valence-electron chi connectivity index (χ1n) is 7.48. The molecule has 2 N–H and O–H groups in total. The number of ether oxygens (including phenoxy) is 1. The predicted octanol–water partition coefficient (Wildman–Crippen LogP) is 0.566. The van der Waals surface area contributed by atoms with E-state index < -0.39 is 12.2 Å². The van der Waals surface area contributed by atoms with E-state index in [9.17, 15) is 9.90 Å². The van der Waals surface area contributed by atoms with Crippen LogP contribution in [0.2, 0.25) is 0 Å². The maximum atomic E-state index is 12.0. The molecule has 0 unspecified atom stereocenters. The zero-order valence-electron chi connectivity index (χ0n) is 12.6. The third-order valence-electron chi connectivity index (χ3n) is 3.65. The van der Waals surface area contributed by atoms with Crippen LogP contribution < -0.4 is 0 Å². The molecule has 0 bridgehead atoms. The third-order valence-corrected chi connectivity index (χ3v) is 3.65. The van der Waals surface area contributed by atoms with Crippen LogP contribution in [0.4, 0.5) is 4.79 Å². The smallest absolute Gasteiger partial charge is 0.410 e. The number of nitrogens with zero attached hydrogens (tertiary/aromatic N) is 3. The molecule has 1 fully saturated rings. The average Bonchev–Trinajstić information content (AvgIpc) is 3.09. The number of likely N-dealkylation sites (tertiary alicyclic amines) is 1. The standard InChI is InChI=1S/C15H23N3O4/c1-2-6-22-15(21)18-11-14(20)8-13(18)7-12-9-16-17(10-12)4-3-5-19/h2,9-10,13-14,19-20H,1,3-8,11H2/t13-,14-/m1/s1. The topological polar surface area (TPSA) is 87.8 Å². The number of aliphatic hydroxyl groups excluding tert-OH is 2. The van der Waals surface area contributed by atoms with Crippen molar-refractivity contribution < 1.29 is 19.7 Å². The Morgan fingerprint density at radius 3 is 3.14 bits per heavy atom. The maximum Gasteiger partial charge on any atom is 0.410 e. The molecule has 22 heavy (non-hydrogen) atoms. The molecule has 0 radical (unpaired) electrons. The largest absolute Gasteiger partial charge is 0.445 e. The molecule has 1 aromatic rings. The van der Waals surface area contributed by atoms with Gasteiger partial charge in [0.05, 0.1) is 18.8 Å². The molecular weight excluding hydrogens is 286 g/mol. The highest BCUT2D eigenvalue weighted by Gasteiger charge is 2.35. The van der Waals surface area contributed by atoms with E-state index in [4.69, 9.17) is 9.84 Å². The minimum atomic E-state index is -0.522. The van der Waals surface area contributed by atoms with Crippen molar-refractivity contribution in [2.24, 2.45) is 0 Å². The molecule has 0 spiro atoms. The minimum Gasteiger partial charge on any atom is -0.445 e. The lowest BCUT2D eigenvalue weighted by atomic mass is 10.1. The van der Waals surface area contributed by atoms with Crippen LogP contribution >= 0.6 is 0 Å². The zero-order valence-corrected chi connectivity index (χ0v) is 12.6. The average molecular weight is 309 g/mol. The molecule has 0 aromatic carbocycles. The van der Waals surface area contributed by atoms with Gasteiger partial charge in [-0.05, 0) is 24.8 Å². The lowest BCUT2D eigenvalue weighted by Crippen LogP contribution is -2.37. The summed E-state index contributed by atoms with van der Waals surface area (Å²) in [6.07, 6.45) is 6.06. The number of hydrogen-bond acceptors (Lipinski definition) is 5. The van der Waals surface area contributed by atoms with Gasteiger partial charge in [-0.1, -0.05) is 12.7 Å². The van der Waals surface area contributed by atoms with Crippen LogP contribution in [0.25, 0.3) is 0 Å². The van der Waals surface area contributed by atoms with E-state index in [1.54, 1.807) is 15.8 Å². The number of rotatable bonds is 7. The summed E-state index contributed by atoms with van der Waals surface area (Å²) in [5, 5.41) is 22.9. The lowest BCUT2D eigenvalue weighted by molar-refractivity contribution is 0.102. The van der Waals surface area contributed by atoms with Gasteiger partial charge in [-0.15, -0.1) is 0 Å². The lowest BCUT2D eigenvalue weighted by Gasteiger charge is -2.23. The maximum absolute atomic E-state index is 12.0. The molecule has 2 atom stereocenters. The number of amides is 1. The van der Waals surface area contributed by atoms with Crippen molar-refractivity contribution in [3.8, 4) is 0 Å². The van der Waals surface area contributed by atoms with Crippen molar-refractivity contribution >= 4 is 6.09 Å². The number of aliphatic hydroxyl groups is 2. The van der Waals surface area contributed by atoms with Gasteiger partial charge in [0.2, 0.25) is 0 Å². The van der Waals surface area contributed by atoms with Crippen LogP contribution in [0, 0.1) is 0 Å². The predicted molar refractivity (Wildman–Crippen MR) is 80.3 cm³/mol. The summed E-state index contributed by atoms with van der Waals surface area (Å²) in [6, 6.07) is -0.0946. The van der Waals surface area contributed by atoms with E-state index in [0.717, 1.165) is 5.56 Å². The van der Waals surface area contributed by atoms with E-state index in [1.165, 1.54) is 6.08 Å². The minimum absolute atomic E-state index is 0.0946. The summed E-state index contributed by atoms with van der Waals surface area (Å²) >= 11 is 0. The van der Waals surface area contributed by atoms with Gasteiger partial charge in [-0.3, -0.25) is 4.68 Å². The second kappa shape index (κ2) is 7.95. The second-order valence-corrected chi connectivity index (χ2v) is 5.45. The van der Waals surface area contributed by atoms with Gasteiger partial charge >= 0.3 is 6.09 Å². The van der Waals surface area contributed by atoms with Crippen LogP contribution in [0.1, 0.15) is 18.4 Å². The Hall–Kier alpha value is -1.86. The van der Waals surface area contributed by atoms with Gasteiger partial charge in [0.25, 0.3) is 0 Å². The molecule has 2 rings (SSSR count). The third kappa shape index (κ3) is 4.32. The fraction of sp³-hybridized carbons (Fsp3) is 0.600. The quantitative estimate of drug-likeness (QED) is 0.719. The van der Waals surface area contributed by atoms with Crippen molar-refractivity contribution in [3.05, 3.63) is 30.6 Å².